The summed E-state index contributed by atoms with van der Waals surface area (Å²) in [4.78, 5) is 12.6. The van der Waals surface area contributed by atoms with Crippen molar-refractivity contribution in [2.45, 2.75) is 26.7 Å². The van der Waals surface area contributed by atoms with E-state index in [1.807, 2.05) is 19.1 Å². The van der Waals surface area contributed by atoms with Gasteiger partial charge in [0.15, 0.2) is 0 Å². The zero-order chi connectivity index (χ0) is 15.6. The molecule has 0 bridgehead atoms. The van der Waals surface area contributed by atoms with Crippen molar-refractivity contribution in [2.24, 2.45) is 0 Å². The zero-order valence-electron chi connectivity index (χ0n) is 12.9. The van der Waals surface area contributed by atoms with Crippen LogP contribution in [0.5, 0.6) is 5.88 Å². The fraction of sp³-hybridized carbons (Fsp3) is 0.278. The number of pyridine rings is 1. The maximum Gasteiger partial charge on any atom is 0.213 e. The van der Waals surface area contributed by atoms with Crippen LogP contribution in [0.4, 0.5) is 0 Å². The molecule has 0 fully saturated rings. The van der Waals surface area contributed by atoms with Gasteiger partial charge in [0.2, 0.25) is 11.7 Å². The third-order valence-corrected chi connectivity index (χ3v) is 2.78. The molecule has 22 heavy (non-hydrogen) atoms. The third-order valence-electron chi connectivity index (χ3n) is 2.78. The van der Waals surface area contributed by atoms with Crippen LogP contribution in [0.15, 0.2) is 36.8 Å². The fourth-order valence-electron chi connectivity index (χ4n) is 1.69. The van der Waals surface area contributed by atoms with E-state index in [9.17, 15) is 0 Å². The van der Waals surface area contributed by atoms with Crippen LogP contribution in [0.25, 0.3) is 6.08 Å². The molecule has 2 heterocycles. The van der Waals surface area contributed by atoms with Crippen molar-refractivity contribution in [1.82, 2.24) is 15.0 Å². The average Bonchev–Trinajstić information content (AvgIpc) is 2.56. The summed E-state index contributed by atoms with van der Waals surface area (Å²) in [5, 5.41) is 0. The summed E-state index contributed by atoms with van der Waals surface area (Å²) in [6.45, 7) is 4.67. The average molecular weight is 293 g/mol. The van der Waals surface area contributed by atoms with Crippen LogP contribution in [0.1, 0.15) is 43.6 Å². The normalized spacial score (nSPS) is 10.3. The maximum absolute atomic E-state index is 5.29. The highest BCUT2D eigenvalue weighted by molar-refractivity contribution is 5.47. The second-order valence-electron chi connectivity index (χ2n) is 4.60. The minimum absolute atomic E-state index is 0.501. The molecule has 0 saturated carbocycles. The second-order valence-corrected chi connectivity index (χ2v) is 4.60. The van der Waals surface area contributed by atoms with Crippen molar-refractivity contribution in [3.05, 3.63) is 53.8 Å². The Morgan fingerprint density at radius 2 is 1.86 bits per heavy atom. The number of rotatable bonds is 5. The minimum atomic E-state index is 0.501. The van der Waals surface area contributed by atoms with E-state index in [4.69, 9.17) is 4.74 Å². The highest BCUT2D eigenvalue weighted by Gasteiger charge is 1.94. The zero-order valence-corrected chi connectivity index (χ0v) is 12.9. The summed E-state index contributed by atoms with van der Waals surface area (Å²) in [5.74, 6) is 7.03. The lowest BCUT2D eigenvalue weighted by atomic mass is 10.2. The molecular weight excluding hydrogens is 274 g/mol. The smallest absolute Gasteiger partial charge is 0.213 e. The monoisotopic (exact) mass is 293 g/mol. The van der Waals surface area contributed by atoms with Crippen LogP contribution in [0.2, 0.25) is 0 Å². The number of allylic oxidation sites excluding steroid dienone is 1. The lowest BCUT2D eigenvalue weighted by molar-refractivity contribution is 0.327. The summed E-state index contributed by atoms with van der Waals surface area (Å²) < 4.78 is 5.29. The van der Waals surface area contributed by atoms with Crippen LogP contribution in [0.3, 0.4) is 0 Å². The first kappa shape index (κ1) is 15.7. The molecule has 112 valence electrons. The Bertz CT molecular complexity index is 664. The summed E-state index contributed by atoms with van der Waals surface area (Å²) in [7, 11) is 0. The van der Waals surface area contributed by atoms with Crippen LogP contribution in [-0.4, -0.2) is 21.6 Å². The summed E-state index contributed by atoms with van der Waals surface area (Å²) in [5.41, 5.74) is 1.79. The summed E-state index contributed by atoms with van der Waals surface area (Å²) in [6, 6.07) is 3.67. The van der Waals surface area contributed by atoms with Crippen LogP contribution >= 0.6 is 0 Å². The third kappa shape index (κ3) is 5.02. The van der Waals surface area contributed by atoms with Gasteiger partial charge in [0.05, 0.1) is 6.61 Å². The Hall–Kier alpha value is -2.67. The molecule has 0 radical (unpaired) electrons. The van der Waals surface area contributed by atoms with E-state index >= 15 is 0 Å². The molecule has 0 unspecified atom stereocenters. The van der Waals surface area contributed by atoms with Crippen molar-refractivity contribution >= 4 is 6.08 Å². The first-order valence-corrected chi connectivity index (χ1v) is 7.41. The summed E-state index contributed by atoms with van der Waals surface area (Å²) in [6.07, 6.45) is 11.6. The highest BCUT2D eigenvalue weighted by Crippen LogP contribution is 2.06. The van der Waals surface area contributed by atoms with E-state index in [0.29, 0.717) is 18.3 Å². The second kappa shape index (κ2) is 8.58. The van der Waals surface area contributed by atoms with E-state index in [2.05, 4.69) is 39.8 Å². The SMILES string of the molecule is CCCC=Cc1cnc(C#Cc2ccc(OCC)nc2)nc1. The molecule has 0 aliphatic carbocycles. The molecule has 0 atom stereocenters. The van der Waals surface area contributed by atoms with E-state index in [-0.39, 0.29) is 0 Å². The van der Waals surface area contributed by atoms with Crippen molar-refractivity contribution < 1.29 is 4.74 Å². The quantitative estimate of drug-likeness (QED) is 0.792. The molecule has 2 aromatic heterocycles. The van der Waals surface area contributed by atoms with Gasteiger partial charge >= 0.3 is 0 Å². The molecule has 0 spiro atoms. The van der Waals surface area contributed by atoms with E-state index in [1.54, 1.807) is 24.7 Å². The standard InChI is InChI=1S/C18H19N3O/c1-3-5-6-7-16-13-19-17(20-14-16)10-8-15-9-11-18(21-12-15)22-4-2/h6-7,9,11-14H,3-5H2,1-2H3. The van der Waals surface area contributed by atoms with E-state index in [1.165, 1.54) is 0 Å². The van der Waals surface area contributed by atoms with Gasteiger partial charge < -0.3 is 4.74 Å². The van der Waals surface area contributed by atoms with Crippen molar-refractivity contribution in [1.29, 1.82) is 0 Å². The predicted molar refractivity (Wildman–Crippen MR) is 87.4 cm³/mol. The van der Waals surface area contributed by atoms with Gasteiger partial charge in [0.25, 0.3) is 0 Å². The largest absolute Gasteiger partial charge is 0.478 e. The lowest BCUT2D eigenvalue weighted by Crippen LogP contribution is -1.93. The molecule has 2 rings (SSSR count). The molecule has 0 amide bonds. The molecule has 0 aliphatic rings. The Kier molecular flexibility index (Phi) is 6.13. The number of aromatic nitrogens is 3. The lowest BCUT2D eigenvalue weighted by Gasteiger charge is -1.99. The van der Waals surface area contributed by atoms with Crippen molar-refractivity contribution in [2.75, 3.05) is 6.61 Å². The Labute approximate surface area is 131 Å². The number of ether oxygens (including phenoxy) is 1. The molecule has 0 saturated heterocycles. The fourth-order valence-corrected chi connectivity index (χ4v) is 1.69. The van der Waals surface area contributed by atoms with Gasteiger partial charge in [-0.1, -0.05) is 31.4 Å². The van der Waals surface area contributed by atoms with Crippen LogP contribution < -0.4 is 4.74 Å². The number of nitrogens with zero attached hydrogens (tertiary/aromatic N) is 3. The molecule has 0 aromatic carbocycles. The summed E-state index contributed by atoms with van der Waals surface area (Å²) >= 11 is 0. The molecule has 0 aliphatic heterocycles. The number of unbranched alkanes of at least 4 members (excludes halogenated alkanes) is 1. The van der Waals surface area contributed by atoms with Gasteiger partial charge in [0.1, 0.15) is 0 Å². The van der Waals surface area contributed by atoms with Crippen LogP contribution in [-0.2, 0) is 0 Å². The molecule has 4 nitrogen and oxygen atoms in total. The molecule has 2 aromatic rings. The van der Waals surface area contributed by atoms with Gasteiger partial charge in [-0.25, -0.2) is 15.0 Å². The van der Waals surface area contributed by atoms with Crippen molar-refractivity contribution in [3.8, 4) is 17.7 Å². The predicted octanol–water partition coefficient (Wildman–Crippen LogP) is 3.48. The highest BCUT2D eigenvalue weighted by atomic mass is 16.5. The minimum Gasteiger partial charge on any atom is -0.478 e. The Morgan fingerprint density at radius 1 is 1.05 bits per heavy atom. The van der Waals surface area contributed by atoms with Gasteiger partial charge in [-0.15, -0.1) is 0 Å². The first-order chi connectivity index (χ1) is 10.8. The van der Waals surface area contributed by atoms with Crippen LogP contribution in [0, 0.1) is 11.8 Å². The van der Waals surface area contributed by atoms with E-state index < -0.39 is 0 Å². The first-order valence-electron chi connectivity index (χ1n) is 7.41. The number of hydrogen-bond donors (Lipinski definition) is 0. The van der Waals surface area contributed by atoms with Gasteiger partial charge in [-0.05, 0) is 25.3 Å². The molecule has 4 heteroatoms. The van der Waals surface area contributed by atoms with Gasteiger partial charge in [-0.3, -0.25) is 0 Å². The Morgan fingerprint density at radius 3 is 2.50 bits per heavy atom. The Balaban J connectivity index is 2.01. The maximum atomic E-state index is 5.29. The van der Waals surface area contributed by atoms with E-state index in [0.717, 1.165) is 24.0 Å². The van der Waals surface area contributed by atoms with Gasteiger partial charge in [-0.2, -0.15) is 0 Å². The van der Waals surface area contributed by atoms with Crippen molar-refractivity contribution in [3.63, 3.8) is 0 Å². The number of hydrogen-bond acceptors (Lipinski definition) is 4. The molecular formula is C18H19N3O. The topological polar surface area (TPSA) is 47.9 Å². The van der Waals surface area contributed by atoms with Gasteiger partial charge in [0, 0.05) is 35.8 Å². The molecule has 0 N–H and O–H groups in total.